The Bertz CT molecular complexity index is 739. The third-order valence-electron chi connectivity index (χ3n) is 3.62. The third-order valence-corrected chi connectivity index (χ3v) is 3.62. The minimum absolute atomic E-state index is 0.686. The summed E-state index contributed by atoms with van der Waals surface area (Å²) in [6.07, 6.45) is 3.83. The van der Waals surface area contributed by atoms with Crippen molar-refractivity contribution < 1.29 is 0 Å². The van der Waals surface area contributed by atoms with Gasteiger partial charge in [-0.15, -0.1) is 0 Å². The molecule has 3 rings (SSSR count). The Labute approximate surface area is 143 Å². The first-order valence-corrected chi connectivity index (χ1v) is 8.08. The summed E-state index contributed by atoms with van der Waals surface area (Å²) in [5.41, 5.74) is 4.66. The molecule has 0 fully saturated rings. The van der Waals surface area contributed by atoms with Gasteiger partial charge in [-0.3, -0.25) is 9.98 Å². The summed E-state index contributed by atoms with van der Waals surface area (Å²) < 4.78 is 0. The minimum Gasteiger partial charge on any atom is -0.288 e. The molecule has 3 aromatic carbocycles. The van der Waals surface area contributed by atoms with E-state index >= 15 is 0 Å². The van der Waals surface area contributed by atoms with Gasteiger partial charge in [0.05, 0.1) is 13.1 Å². The molecule has 118 valence electrons. The molecule has 0 atom stereocenters. The normalized spacial score (nSPS) is 11.3. The topological polar surface area (TPSA) is 24.7 Å². The number of benzene rings is 3. The largest absolute Gasteiger partial charge is 0.288 e. The highest BCUT2D eigenvalue weighted by Crippen LogP contribution is 2.08. The Hall–Kier alpha value is -3.00. The highest BCUT2D eigenvalue weighted by Gasteiger charge is 1.95. The predicted octanol–water partition coefficient (Wildman–Crippen LogP) is 4.92. The number of hydrogen-bond acceptors (Lipinski definition) is 2. The number of rotatable bonds is 6. The quantitative estimate of drug-likeness (QED) is 0.577. The van der Waals surface area contributed by atoms with Gasteiger partial charge in [-0.25, -0.2) is 0 Å². The molecule has 0 bridgehead atoms. The van der Waals surface area contributed by atoms with Gasteiger partial charge in [-0.1, -0.05) is 84.9 Å². The van der Waals surface area contributed by atoms with Gasteiger partial charge in [0.2, 0.25) is 0 Å². The van der Waals surface area contributed by atoms with E-state index in [1.54, 1.807) is 0 Å². The van der Waals surface area contributed by atoms with E-state index in [1.165, 1.54) is 11.1 Å². The first-order chi connectivity index (χ1) is 11.9. The second kappa shape index (κ2) is 8.59. The second-order valence-electron chi connectivity index (χ2n) is 5.58. The molecule has 2 nitrogen and oxygen atoms in total. The maximum absolute atomic E-state index is 4.52. The van der Waals surface area contributed by atoms with Gasteiger partial charge in [-0.2, -0.15) is 0 Å². The van der Waals surface area contributed by atoms with Crippen LogP contribution >= 0.6 is 0 Å². The Morgan fingerprint density at radius 1 is 0.542 bits per heavy atom. The van der Waals surface area contributed by atoms with E-state index in [9.17, 15) is 0 Å². The van der Waals surface area contributed by atoms with E-state index < -0.39 is 0 Å². The van der Waals surface area contributed by atoms with Crippen LogP contribution in [0.1, 0.15) is 22.3 Å². The lowest BCUT2D eigenvalue weighted by Gasteiger charge is -2.01. The number of hydrogen-bond donors (Lipinski definition) is 0. The molecule has 0 spiro atoms. The predicted molar refractivity (Wildman–Crippen MR) is 102 cm³/mol. The first-order valence-electron chi connectivity index (χ1n) is 8.08. The molecule has 0 saturated heterocycles. The van der Waals surface area contributed by atoms with E-state index in [0.717, 1.165) is 11.1 Å². The van der Waals surface area contributed by atoms with Crippen molar-refractivity contribution in [3.63, 3.8) is 0 Å². The van der Waals surface area contributed by atoms with Gasteiger partial charge in [0.15, 0.2) is 0 Å². The molecule has 0 heterocycles. The van der Waals surface area contributed by atoms with Crippen LogP contribution in [-0.2, 0) is 13.1 Å². The Balaban J connectivity index is 1.58. The van der Waals surface area contributed by atoms with Gasteiger partial charge in [0.1, 0.15) is 0 Å². The molecule has 0 unspecified atom stereocenters. The molecule has 0 aliphatic rings. The van der Waals surface area contributed by atoms with Crippen molar-refractivity contribution in [3.05, 3.63) is 107 Å². The average Bonchev–Trinajstić information content (AvgIpc) is 2.64. The molecule has 24 heavy (non-hydrogen) atoms. The molecule has 0 aliphatic carbocycles. The Kier molecular flexibility index (Phi) is 5.68. The van der Waals surface area contributed by atoms with Crippen molar-refractivity contribution in [2.75, 3.05) is 0 Å². The third kappa shape index (κ3) is 5.03. The lowest BCUT2D eigenvalue weighted by atomic mass is 10.1. The molecule has 0 N–H and O–H groups in total. The zero-order chi connectivity index (χ0) is 16.5. The van der Waals surface area contributed by atoms with Crippen molar-refractivity contribution in [2.45, 2.75) is 13.1 Å². The fourth-order valence-electron chi connectivity index (χ4n) is 2.42. The molecule has 0 amide bonds. The van der Waals surface area contributed by atoms with E-state index in [0.29, 0.717) is 13.1 Å². The van der Waals surface area contributed by atoms with Crippen molar-refractivity contribution in [1.82, 2.24) is 0 Å². The van der Waals surface area contributed by atoms with Crippen LogP contribution in [0.15, 0.2) is 94.9 Å². The molecular formula is C22H20N2. The van der Waals surface area contributed by atoms with Crippen LogP contribution in [0.2, 0.25) is 0 Å². The lowest BCUT2D eigenvalue weighted by Crippen LogP contribution is -1.88. The van der Waals surface area contributed by atoms with Gasteiger partial charge in [-0.05, 0) is 22.3 Å². The van der Waals surface area contributed by atoms with Crippen molar-refractivity contribution >= 4 is 12.4 Å². The summed E-state index contributed by atoms with van der Waals surface area (Å²) in [5.74, 6) is 0. The fraction of sp³-hybridized carbons (Fsp3) is 0.0909. The van der Waals surface area contributed by atoms with Crippen molar-refractivity contribution in [2.24, 2.45) is 9.98 Å². The zero-order valence-corrected chi connectivity index (χ0v) is 13.5. The summed E-state index contributed by atoms with van der Waals surface area (Å²) >= 11 is 0. The Morgan fingerprint density at radius 3 is 1.46 bits per heavy atom. The van der Waals surface area contributed by atoms with Crippen LogP contribution in [0.5, 0.6) is 0 Å². The number of aliphatic imine (C=N–C) groups is 2. The van der Waals surface area contributed by atoms with Crippen molar-refractivity contribution in [3.8, 4) is 0 Å². The van der Waals surface area contributed by atoms with Gasteiger partial charge in [0.25, 0.3) is 0 Å². The van der Waals surface area contributed by atoms with Gasteiger partial charge < -0.3 is 0 Å². The molecule has 0 radical (unpaired) electrons. The highest BCUT2D eigenvalue weighted by molar-refractivity contribution is 5.79. The molecule has 0 aliphatic heterocycles. The molecule has 3 aromatic rings. The smallest absolute Gasteiger partial charge is 0.0640 e. The summed E-state index contributed by atoms with van der Waals surface area (Å²) in [4.78, 5) is 9.03. The van der Waals surface area contributed by atoms with E-state index in [-0.39, 0.29) is 0 Å². The van der Waals surface area contributed by atoms with E-state index in [4.69, 9.17) is 0 Å². The van der Waals surface area contributed by atoms with Crippen LogP contribution in [0.3, 0.4) is 0 Å². The summed E-state index contributed by atoms with van der Waals surface area (Å²) in [6, 6.07) is 28.8. The summed E-state index contributed by atoms with van der Waals surface area (Å²) in [5, 5.41) is 0. The maximum Gasteiger partial charge on any atom is 0.0640 e. The van der Waals surface area contributed by atoms with E-state index in [2.05, 4.69) is 58.5 Å². The fourth-order valence-corrected chi connectivity index (χ4v) is 2.42. The molecule has 2 heteroatoms. The van der Waals surface area contributed by atoms with Crippen molar-refractivity contribution in [1.29, 1.82) is 0 Å². The first kappa shape index (κ1) is 15.9. The molecular weight excluding hydrogens is 292 g/mol. The monoisotopic (exact) mass is 312 g/mol. The van der Waals surface area contributed by atoms with Gasteiger partial charge >= 0.3 is 0 Å². The zero-order valence-electron chi connectivity index (χ0n) is 13.5. The molecule has 0 aromatic heterocycles. The second-order valence-corrected chi connectivity index (χ2v) is 5.58. The van der Waals surface area contributed by atoms with Crippen LogP contribution in [0, 0.1) is 0 Å². The summed E-state index contributed by atoms with van der Waals surface area (Å²) in [6.45, 7) is 1.37. The van der Waals surface area contributed by atoms with Crippen LogP contribution in [-0.4, -0.2) is 12.4 Å². The minimum atomic E-state index is 0.686. The summed E-state index contributed by atoms with van der Waals surface area (Å²) in [7, 11) is 0. The SMILES string of the molecule is C(=N\Cc1cccc(C/N=C/c2ccccc2)c1)/c1ccccc1. The van der Waals surface area contributed by atoms with Crippen LogP contribution in [0.4, 0.5) is 0 Å². The van der Waals surface area contributed by atoms with Gasteiger partial charge in [0, 0.05) is 12.4 Å². The number of nitrogens with zero attached hydrogens (tertiary/aromatic N) is 2. The Morgan fingerprint density at radius 2 is 1.00 bits per heavy atom. The maximum atomic E-state index is 4.52. The standard InChI is InChI=1S/C22H20N2/c1-3-8-19(9-4-1)15-23-17-21-12-7-13-22(14-21)18-24-16-20-10-5-2-6-11-20/h1-16H,17-18H2/b23-15+,24-16+. The molecule has 0 saturated carbocycles. The highest BCUT2D eigenvalue weighted by atomic mass is 14.7. The average molecular weight is 312 g/mol. The van der Waals surface area contributed by atoms with E-state index in [1.807, 2.05) is 48.8 Å². The lowest BCUT2D eigenvalue weighted by molar-refractivity contribution is 1.03. The van der Waals surface area contributed by atoms with Crippen LogP contribution < -0.4 is 0 Å². The van der Waals surface area contributed by atoms with Crippen LogP contribution in [0.25, 0.3) is 0 Å².